The molecule has 1 aliphatic heterocycles. The summed E-state index contributed by atoms with van der Waals surface area (Å²) in [6.45, 7) is 1.84. The molecule has 1 amide bonds. The van der Waals surface area contributed by atoms with Gasteiger partial charge in [-0.25, -0.2) is 15.0 Å². The Labute approximate surface area is 154 Å². The van der Waals surface area contributed by atoms with Crippen LogP contribution in [0.15, 0.2) is 35.2 Å². The monoisotopic (exact) mass is 406 g/mol. The molecule has 7 nitrogen and oxygen atoms in total. The highest BCUT2D eigenvalue weighted by atomic mass is 79.9. The number of nitrogens with zero attached hydrogens (tertiary/aromatic N) is 4. The molecular formula is C17H19BrN4O3. The zero-order valence-electron chi connectivity index (χ0n) is 13.9. The Hall–Kier alpha value is -2.22. The lowest BCUT2D eigenvalue weighted by molar-refractivity contribution is 0.0624. The molecule has 1 aliphatic rings. The number of piperidine rings is 1. The van der Waals surface area contributed by atoms with Gasteiger partial charge in [-0.15, -0.1) is 0 Å². The molecule has 1 saturated heterocycles. The largest absolute Gasteiger partial charge is 0.480 e. The summed E-state index contributed by atoms with van der Waals surface area (Å²) in [5.41, 5.74) is 0.489. The van der Waals surface area contributed by atoms with Gasteiger partial charge >= 0.3 is 6.01 Å². The molecule has 132 valence electrons. The minimum atomic E-state index is -0.0606. The van der Waals surface area contributed by atoms with Crippen LogP contribution in [0.5, 0.6) is 11.9 Å². The summed E-state index contributed by atoms with van der Waals surface area (Å²) >= 11 is 3.29. The van der Waals surface area contributed by atoms with Crippen molar-refractivity contribution in [2.45, 2.75) is 12.8 Å². The van der Waals surface area contributed by atoms with Crippen LogP contribution in [0, 0.1) is 5.92 Å². The molecule has 2 aromatic heterocycles. The number of carbonyl (C=O) groups excluding carboxylic acids is 1. The lowest BCUT2D eigenvalue weighted by Crippen LogP contribution is -2.41. The molecule has 1 fully saturated rings. The van der Waals surface area contributed by atoms with E-state index in [-0.39, 0.29) is 11.8 Å². The predicted molar refractivity (Wildman–Crippen MR) is 94.6 cm³/mol. The molecular weight excluding hydrogens is 388 g/mol. The second kappa shape index (κ2) is 8.24. The zero-order chi connectivity index (χ0) is 17.6. The van der Waals surface area contributed by atoms with E-state index in [1.807, 2.05) is 4.90 Å². The highest BCUT2D eigenvalue weighted by Crippen LogP contribution is 2.22. The van der Waals surface area contributed by atoms with Gasteiger partial charge in [0.1, 0.15) is 5.56 Å². The third-order valence-electron chi connectivity index (χ3n) is 4.05. The first-order valence-electron chi connectivity index (χ1n) is 8.06. The average Bonchev–Trinajstić information content (AvgIpc) is 2.67. The van der Waals surface area contributed by atoms with Crippen LogP contribution in [0.25, 0.3) is 0 Å². The molecule has 3 rings (SSSR count). The summed E-state index contributed by atoms with van der Waals surface area (Å²) in [5, 5.41) is 0. The molecule has 8 heteroatoms. The second-order valence-electron chi connectivity index (χ2n) is 5.81. The molecule has 0 aliphatic carbocycles. The van der Waals surface area contributed by atoms with Crippen LogP contribution in [-0.2, 0) is 0 Å². The molecule has 0 spiro atoms. The molecule has 0 N–H and O–H groups in total. The first-order chi connectivity index (χ1) is 12.2. The maximum Gasteiger partial charge on any atom is 0.316 e. The van der Waals surface area contributed by atoms with Crippen LogP contribution in [0.3, 0.4) is 0 Å². The number of amides is 1. The van der Waals surface area contributed by atoms with Crippen molar-refractivity contribution in [1.82, 2.24) is 19.9 Å². The van der Waals surface area contributed by atoms with Crippen molar-refractivity contribution in [2.24, 2.45) is 5.92 Å². The van der Waals surface area contributed by atoms with E-state index in [1.54, 1.807) is 30.7 Å². The summed E-state index contributed by atoms with van der Waals surface area (Å²) in [5.74, 6) is 0.538. The van der Waals surface area contributed by atoms with E-state index >= 15 is 0 Å². The van der Waals surface area contributed by atoms with Crippen molar-refractivity contribution in [1.29, 1.82) is 0 Å². The molecule has 25 heavy (non-hydrogen) atoms. The van der Waals surface area contributed by atoms with Crippen molar-refractivity contribution in [3.8, 4) is 11.9 Å². The molecule has 0 aromatic carbocycles. The van der Waals surface area contributed by atoms with Crippen LogP contribution in [0.4, 0.5) is 0 Å². The van der Waals surface area contributed by atoms with Crippen LogP contribution in [0.2, 0.25) is 0 Å². The zero-order valence-corrected chi connectivity index (χ0v) is 15.5. The van der Waals surface area contributed by atoms with Crippen molar-refractivity contribution >= 4 is 21.8 Å². The quantitative estimate of drug-likeness (QED) is 0.759. The number of methoxy groups -OCH3 is 1. The number of aromatic nitrogens is 3. The average molecular weight is 407 g/mol. The lowest BCUT2D eigenvalue weighted by Gasteiger charge is -2.32. The van der Waals surface area contributed by atoms with E-state index in [9.17, 15) is 4.79 Å². The highest BCUT2D eigenvalue weighted by Gasteiger charge is 2.27. The number of hydrogen-bond donors (Lipinski definition) is 0. The fraction of sp³-hybridized carbons (Fsp3) is 0.412. The molecule has 1 unspecified atom stereocenters. The van der Waals surface area contributed by atoms with Crippen molar-refractivity contribution in [3.05, 3.63) is 40.8 Å². The highest BCUT2D eigenvalue weighted by molar-refractivity contribution is 9.10. The minimum Gasteiger partial charge on any atom is -0.480 e. The molecule has 0 saturated carbocycles. The van der Waals surface area contributed by atoms with Gasteiger partial charge < -0.3 is 14.4 Å². The van der Waals surface area contributed by atoms with Gasteiger partial charge in [-0.3, -0.25) is 4.79 Å². The fourth-order valence-electron chi connectivity index (χ4n) is 2.84. The number of carbonyl (C=O) groups is 1. The van der Waals surface area contributed by atoms with E-state index in [0.717, 1.165) is 23.9 Å². The Morgan fingerprint density at radius 2 is 2.16 bits per heavy atom. The van der Waals surface area contributed by atoms with Gasteiger partial charge in [0.15, 0.2) is 0 Å². The van der Waals surface area contributed by atoms with Gasteiger partial charge in [-0.05, 0) is 40.9 Å². The second-order valence-corrected chi connectivity index (χ2v) is 6.73. The number of hydrogen-bond acceptors (Lipinski definition) is 6. The molecule has 0 bridgehead atoms. The van der Waals surface area contributed by atoms with Crippen LogP contribution < -0.4 is 9.47 Å². The van der Waals surface area contributed by atoms with Gasteiger partial charge in [0, 0.05) is 37.6 Å². The number of halogens is 1. The summed E-state index contributed by atoms with van der Waals surface area (Å²) < 4.78 is 11.7. The lowest BCUT2D eigenvalue weighted by atomic mass is 9.98. The van der Waals surface area contributed by atoms with Crippen molar-refractivity contribution in [3.63, 3.8) is 0 Å². The third-order valence-corrected chi connectivity index (χ3v) is 4.46. The van der Waals surface area contributed by atoms with Crippen molar-refractivity contribution in [2.75, 3.05) is 26.8 Å². The molecule has 0 radical (unpaired) electrons. The summed E-state index contributed by atoms with van der Waals surface area (Å²) in [6.07, 6.45) is 6.84. The van der Waals surface area contributed by atoms with E-state index in [4.69, 9.17) is 9.47 Å². The Bertz CT molecular complexity index is 726. The Morgan fingerprint density at radius 3 is 2.92 bits per heavy atom. The van der Waals surface area contributed by atoms with Crippen LogP contribution in [-0.4, -0.2) is 52.6 Å². The van der Waals surface area contributed by atoms with E-state index in [1.165, 1.54) is 7.11 Å². The minimum absolute atomic E-state index is 0.0606. The summed E-state index contributed by atoms with van der Waals surface area (Å²) in [6, 6.07) is 3.83. The van der Waals surface area contributed by atoms with Gasteiger partial charge in [-0.2, -0.15) is 0 Å². The van der Waals surface area contributed by atoms with Gasteiger partial charge in [-0.1, -0.05) is 0 Å². The first-order valence-corrected chi connectivity index (χ1v) is 8.85. The summed E-state index contributed by atoms with van der Waals surface area (Å²) in [4.78, 5) is 26.9. The van der Waals surface area contributed by atoms with E-state index in [2.05, 4.69) is 30.9 Å². The van der Waals surface area contributed by atoms with Gasteiger partial charge in [0.05, 0.1) is 18.2 Å². The van der Waals surface area contributed by atoms with Crippen LogP contribution in [0.1, 0.15) is 23.2 Å². The molecule has 1 atom stereocenters. The molecule has 2 aromatic rings. The Kier molecular flexibility index (Phi) is 5.80. The standard InChI is InChI=1S/C17H19BrN4O3/c1-24-15-14(5-2-6-19-15)16(23)22-7-3-4-12(10-22)11-25-17-20-8-13(18)9-21-17/h2,5-6,8-9,12H,3-4,7,10-11H2,1H3. The first kappa shape index (κ1) is 17.6. The summed E-state index contributed by atoms with van der Waals surface area (Å²) in [7, 11) is 1.52. The number of ether oxygens (including phenoxy) is 2. The Balaban J connectivity index is 1.60. The number of pyridine rings is 1. The smallest absolute Gasteiger partial charge is 0.316 e. The maximum absolute atomic E-state index is 12.8. The fourth-order valence-corrected chi connectivity index (χ4v) is 3.04. The van der Waals surface area contributed by atoms with E-state index in [0.29, 0.717) is 30.6 Å². The van der Waals surface area contributed by atoms with Crippen LogP contribution >= 0.6 is 15.9 Å². The topological polar surface area (TPSA) is 77.4 Å². The number of likely N-dealkylation sites (tertiary alicyclic amines) is 1. The molecule has 3 heterocycles. The SMILES string of the molecule is COc1ncccc1C(=O)N1CCCC(COc2ncc(Br)cn2)C1. The predicted octanol–water partition coefficient (Wildman–Crippen LogP) is 2.57. The van der Waals surface area contributed by atoms with Gasteiger partial charge in [0.25, 0.3) is 5.91 Å². The maximum atomic E-state index is 12.8. The van der Waals surface area contributed by atoms with E-state index < -0.39 is 0 Å². The third kappa shape index (κ3) is 4.45. The Morgan fingerprint density at radius 1 is 1.36 bits per heavy atom. The normalized spacial score (nSPS) is 17.2. The number of rotatable bonds is 5. The van der Waals surface area contributed by atoms with Crippen molar-refractivity contribution < 1.29 is 14.3 Å². The van der Waals surface area contributed by atoms with Gasteiger partial charge in [0.2, 0.25) is 5.88 Å².